The van der Waals surface area contributed by atoms with Gasteiger partial charge in [-0.1, -0.05) is 34.1 Å². The number of hydrogen-bond acceptors (Lipinski definition) is 4. The number of aromatic nitrogens is 2. The minimum atomic E-state index is 0. The third-order valence-electron chi connectivity index (χ3n) is 3.75. The number of hydrogen-bond donors (Lipinski definition) is 1. The van der Waals surface area contributed by atoms with Gasteiger partial charge in [-0.2, -0.15) is 0 Å². The van der Waals surface area contributed by atoms with Crippen LogP contribution < -0.4 is 5.32 Å². The number of nitrogens with zero attached hydrogens (tertiary/aromatic N) is 2. The lowest BCUT2D eigenvalue weighted by Gasteiger charge is -2.09. The number of fused-ring (bicyclic) bond motifs is 1. The zero-order valence-electron chi connectivity index (χ0n) is 13.6. The topological polar surface area (TPSA) is 51.0 Å². The van der Waals surface area contributed by atoms with Crippen molar-refractivity contribution in [3.8, 4) is 0 Å². The SMILES string of the molecule is Brc1ccc2ncnc(Nc3ccc(/C=C/c4ccco4)cc3)c2c1.Cl. The van der Waals surface area contributed by atoms with Crippen molar-refractivity contribution in [3.63, 3.8) is 0 Å². The molecule has 0 aliphatic carbocycles. The quantitative estimate of drug-likeness (QED) is 0.413. The first-order chi connectivity index (χ1) is 12.3. The van der Waals surface area contributed by atoms with E-state index in [0.29, 0.717) is 0 Å². The van der Waals surface area contributed by atoms with E-state index in [4.69, 9.17) is 4.42 Å². The second-order valence-electron chi connectivity index (χ2n) is 5.48. The standard InChI is InChI=1S/C20H14BrN3O.ClH/c21-15-6-10-19-18(12-15)20(23-13-22-19)24-16-7-3-14(4-8-16)5-9-17-2-1-11-25-17;/h1-13H,(H,22,23,24);1H/b9-5+;. The van der Waals surface area contributed by atoms with E-state index in [-0.39, 0.29) is 12.4 Å². The molecule has 4 rings (SSSR count). The molecule has 0 spiro atoms. The van der Waals surface area contributed by atoms with Crippen molar-refractivity contribution in [1.82, 2.24) is 9.97 Å². The van der Waals surface area contributed by atoms with Crippen LogP contribution in [0.5, 0.6) is 0 Å². The molecule has 130 valence electrons. The first-order valence-corrected chi connectivity index (χ1v) is 8.56. The van der Waals surface area contributed by atoms with E-state index in [2.05, 4.69) is 31.2 Å². The first kappa shape index (κ1) is 18.2. The maximum absolute atomic E-state index is 5.29. The molecule has 1 N–H and O–H groups in total. The summed E-state index contributed by atoms with van der Waals surface area (Å²) in [6, 6.07) is 17.9. The lowest BCUT2D eigenvalue weighted by atomic mass is 10.1. The van der Waals surface area contributed by atoms with Crippen LogP contribution in [0.1, 0.15) is 11.3 Å². The molecule has 2 aromatic carbocycles. The number of halogens is 2. The van der Waals surface area contributed by atoms with Crippen molar-refractivity contribution >= 4 is 62.9 Å². The van der Waals surface area contributed by atoms with Crippen LogP contribution in [0.15, 0.2) is 76.1 Å². The van der Waals surface area contributed by atoms with Crippen LogP contribution in [0.2, 0.25) is 0 Å². The predicted molar refractivity (Wildman–Crippen MR) is 112 cm³/mol. The summed E-state index contributed by atoms with van der Waals surface area (Å²) in [6.07, 6.45) is 7.19. The van der Waals surface area contributed by atoms with Gasteiger partial charge < -0.3 is 9.73 Å². The Balaban J connectivity index is 0.00000196. The molecule has 6 heteroatoms. The summed E-state index contributed by atoms with van der Waals surface area (Å²) in [5.41, 5.74) is 2.96. The Kier molecular flexibility index (Phi) is 5.71. The van der Waals surface area contributed by atoms with Gasteiger partial charge in [-0.15, -0.1) is 12.4 Å². The molecule has 0 fully saturated rings. The van der Waals surface area contributed by atoms with Crippen LogP contribution in [-0.4, -0.2) is 9.97 Å². The molecule has 0 aliphatic heterocycles. The van der Waals surface area contributed by atoms with Crippen LogP contribution in [0.25, 0.3) is 23.1 Å². The second kappa shape index (κ2) is 8.17. The van der Waals surface area contributed by atoms with E-state index in [1.807, 2.05) is 66.7 Å². The summed E-state index contributed by atoms with van der Waals surface area (Å²) in [4.78, 5) is 8.66. The van der Waals surface area contributed by atoms with Crippen molar-refractivity contribution in [1.29, 1.82) is 0 Å². The fourth-order valence-corrected chi connectivity index (χ4v) is 2.87. The molecule has 0 aliphatic rings. The molecular formula is C20H15BrClN3O. The van der Waals surface area contributed by atoms with E-state index in [1.165, 1.54) is 0 Å². The molecule has 0 radical (unpaired) electrons. The number of nitrogens with one attached hydrogen (secondary N) is 1. The van der Waals surface area contributed by atoms with Gasteiger partial charge in [-0.3, -0.25) is 0 Å². The molecule has 0 saturated carbocycles. The Labute approximate surface area is 165 Å². The molecule has 26 heavy (non-hydrogen) atoms. The Morgan fingerprint density at radius 3 is 2.58 bits per heavy atom. The number of rotatable bonds is 4. The van der Waals surface area contributed by atoms with Crippen LogP contribution in [0, 0.1) is 0 Å². The van der Waals surface area contributed by atoms with Gasteiger partial charge in [0.1, 0.15) is 17.9 Å². The predicted octanol–water partition coefficient (Wildman–Crippen LogP) is 6.32. The van der Waals surface area contributed by atoms with Gasteiger partial charge in [0.2, 0.25) is 0 Å². The smallest absolute Gasteiger partial charge is 0.141 e. The number of benzene rings is 2. The molecule has 4 aromatic rings. The highest BCUT2D eigenvalue weighted by molar-refractivity contribution is 9.10. The second-order valence-corrected chi connectivity index (χ2v) is 6.40. The summed E-state index contributed by atoms with van der Waals surface area (Å²) in [5.74, 6) is 1.62. The van der Waals surface area contributed by atoms with Gasteiger partial charge in [0.25, 0.3) is 0 Å². The highest BCUT2D eigenvalue weighted by Crippen LogP contribution is 2.26. The van der Waals surface area contributed by atoms with Gasteiger partial charge in [0.05, 0.1) is 11.8 Å². The number of furan rings is 1. The van der Waals surface area contributed by atoms with E-state index in [1.54, 1.807) is 12.6 Å². The zero-order valence-corrected chi connectivity index (χ0v) is 16.0. The van der Waals surface area contributed by atoms with Gasteiger partial charge >= 0.3 is 0 Å². The lowest BCUT2D eigenvalue weighted by molar-refractivity contribution is 0.557. The highest BCUT2D eigenvalue weighted by atomic mass is 79.9. The van der Waals surface area contributed by atoms with Gasteiger partial charge in [0, 0.05) is 15.5 Å². The van der Waals surface area contributed by atoms with E-state index < -0.39 is 0 Å². The molecule has 2 aromatic heterocycles. The fraction of sp³-hybridized carbons (Fsp3) is 0. The van der Waals surface area contributed by atoms with Gasteiger partial charge in [0.15, 0.2) is 0 Å². The Bertz CT molecular complexity index is 1030. The molecular weight excluding hydrogens is 414 g/mol. The van der Waals surface area contributed by atoms with Gasteiger partial charge in [-0.05, 0) is 54.1 Å². The minimum Gasteiger partial charge on any atom is -0.465 e. The Morgan fingerprint density at radius 2 is 1.81 bits per heavy atom. The van der Waals surface area contributed by atoms with E-state index >= 15 is 0 Å². The normalized spacial score (nSPS) is 10.8. The summed E-state index contributed by atoms with van der Waals surface area (Å²) in [5, 5.41) is 4.33. The Hall–Kier alpha value is -2.63. The molecule has 0 unspecified atom stereocenters. The third-order valence-corrected chi connectivity index (χ3v) is 4.25. The minimum absolute atomic E-state index is 0. The van der Waals surface area contributed by atoms with Crippen LogP contribution in [-0.2, 0) is 0 Å². The summed E-state index contributed by atoms with van der Waals surface area (Å²) in [6.45, 7) is 0. The largest absolute Gasteiger partial charge is 0.465 e. The molecule has 0 saturated heterocycles. The molecule has 0 amide bonds. The molecule has 4 nitrogen and oxygen atoms in total. The van der Waals surface area contributed by atoms with Crippen molar-refractivity contribution in [3.05, 3.63) is 83.0 Å². The maximum Gasteiger partial charge on any atom is 0.141 e. The maximum atomic E-state index is 5.29. The van der Waals surface area contributed by atoms with Crippen molar-refractivity contribution < 1.29 is 4.42 Å². The highest BCUT2D eigenvalue weighted by Gasteiger charge is 2.04. The molecule has 0 bridgehead atoms. The van der Waals surface area contributed by atoms with Crippen molar-refractivity contribution in [2.75, 3.05) is 5.32 Å². The molecule has 0 atom stereocenters. The third kappa shape index (κ3) is 4.12. The monoisotopic (exact) mass is 427 g/mol. The Morgan fingerprint density at radius 1 is 0.962 bits per heavy atom. The van der Waals surface area contributed by atoms with Crippen molar-refractivity contribution in [2.24, 2.45) is 0 Å². The summed E-state index contributed by atoms with van der Waals surface area (Å²) in [7, 11) is 0. The van der Waals surface area contributed by atoms with E-state index in [9.17, 15) is 0 Å². The van der Waals surface area contributed by atoms with Gasteiger partial charge in [-0.25, -0.2) is 9.97 Å². The van der Waals surface area contributed by atoms with Crippen LogP contribution in [0.4, 0.5) is 11.5 Å². The number of anilines is 2. The summed E-state index contributed by atoms with van der Waals surface area (Å²) >= 11 is 3.50. The summed E-state index contributed by atoms with van der Waals surface area (Å²) < 4.78 is 6.29. The molecule has 2 heterocycles. The first-order valence-electron chi connectivity index (χ1n) is 7.77. The fourth-order valence-electron chi connectivity index (χ4n) is 2.51. The van der Waals surface area contributed by atoms with Crippen LogP contribution >= 0.6 is 28.3 Å². The zero-order chi connectivity index (χ0) is 17.1. The average Bonchev–Trinajstić information content (AvgIpc) is 3.15. The van der Waals surface area contributed by atoms with Crippen molar-refractivity contribution in [2.45, 2.75) is 0 Å². The van der Waals surface area contributed by atoms with Crippen LogP contribution in [0.3, 0.4) is 0 Å². The van der Waals surface area contributed by atoms with E-state index in [0.717, 1.165) is 38.2 Å². The average molecular weight is 429 g/mol. The lowest BCUT2D eigenvalue weighted by Crippen LogP contribution is -1.96.